The van der Waals surface area contributed by atoms with Gasteiger partial charge in [-0.25, -0.2) is 0 Å². The number of aryl methyl sites for hydroxylation is 2. The zero-order valence-electron chi connectivity index (χ0n) is 16.2. The average molecular weight is 348 g/mol. The maximum atomic E-state index is 12.8. The molecule has 1 aliphatic rings. The van der Waals surface area contributed by atoms with Crippen molar-refractivity contribution in [1.29, 1.82) is 0 Å². The Kier molecular flexibility index (Phi) is 5.41. The van der Waals surface area contributed by atoms with Crippen LogP contribution in [0.4, 0.5) is 0 Å². The average Bonchev–Trinajstić information content (AvgIpc) is 2.63. The highest BCUT2D eigenvalue weighted by Crippen LogP contribution is 2.58. The van der Waals surface area contributed by atoms with Crippen molar-refractivity contribution in [1.82, 2.24) is 0 Å². The van der Waals surface area contributed by atoms with E-state index in [0.717, 1.165) is 11.1 Å². The summed E-state index contributed by atoms with van der Waals surface area (Å²) in [6.07, 6.45) is 1.03. The molecule has 0 radical (unpaired) electrons. The monoisotopic (exact) mass is 348 g/mol. The lowest BCUT2D eigenvalue weighted by atomic mass is 9.50. The van der Waals surface area contributed by atoms with Crippen molar-refractivity contribution in [3.8, 4) is 0 Å². The van der Waals surface area contributed by atoms with Crippen molar-refractivity contribution in [3.05, 3.63) is 70.8 Å². The van der Waals surface area contributed by atoms with E-state index in [9.17, 15) is 9.59 Å². The van der Waals surface area contributed by atoms with Gasteiger partial charge in [0.05, 0.1) is 0 Å². The lowest BCUT2D eigenvalue weighted by Crippen LogP contribution is -2.50. The van der Waals surface area contributed by atoms with Crippen molar-refractivity contribution in [2.75, 3.05) is 0 Å². The molecule has 1 fully saturated rings. The van der Waals surface area contributed by atoms with Crippen LogP contribution in [-0.4, -0.2) is 11.6 Å². The van der Waals surface area contributed by atoms with Gasteiger partial charge in [0.15, 0.2) is 0 Å². The number of rotatable bonds is 6. The Morgan fingerprint density at radius 2 is 0.962 bits per heavy atom. The second-order valence-corrected chi connectivity index (χ2v) is 7.56. The van der Waals surface area contributed by atoms with Gasteiger partial charge in [0.1, 0.15) is 11.6 Å². The first-order chi connectivity index (χ1) is 12.5. The molecule has 0 atom stereocenters. The van der Waals surface area contributed by atoms with E-state index in [4.69, 9.17) is 0 Å². The second kappa shape index (κ2) is 7.57. The predicted molar refractivity (Wildman–Crippen MR) is 105 cm³/mol. The zero-order chi connectivity index (χ0) is 18.8. The predicted octanol–water partition coefficient (Wildman–Crippen LogP) is 5.38. The fourth-order valence-electron chi connectivity index (χ4n) is 4.43. The van der Waals surface area contributed by atoms with Crippen LogP contribution in [-0.2, 0) is 9.59 Å². The number of benzene rings is 2. The van der Waals surface area contributed by atoms with Crippen LogP contribution in [0.2, 0.25) is 0 Å². The minimum Gasteiger partial charge on any atom is -0.299 e. The smallest absolute Gasteiger partial charge is 0.136 e. The Bertz CT molecular complexity index is 708. The molecule has 1 saturated carbocycles. The molecule has 3 rings (SSSR count). The third-order valence-corrected chi connectivity index (χ3v) is 5.91. The minimum atomic E-state index is -0.106. The number of carbonyl (C=O) groups is 2. The van der Waals surface area contributed by atoms with Gasteiger partial charge in [-0.05, 0) is 25.0 Å². The van der Waals surface area contributed by atoms with Gasteiger partial charge >= 0.3 is 0 Å². The summed E-state index contributed by atoms with van der Waals surface area (Å²) in [4.78, 5) is 25.7. The molecule has 136 valence electrons. The molecule has 0 bridgehead atoms. The summed E-state index contributed by atoms with van der Waals surface area (Å²) in [6, 6.07) is 16.7. The van der Waals surface area contributed by atoms with Crippen LogP contribution in [0.1, 0.15) is 60.8 Å². The molecule has 2 nitrogen and oxygen atoms in total. The maximum absolute atomic E-state index is 12.8. The molecule has 1 aliphatic carbocycles. The van der Waals surface area contributed by atoms with Crippen LogP contribution in [0, 0.1) is 25.7 Å². The third kappa shape index (κ3) is 3.25. The van der Waals surface area contributed by atoms with E-state index in [-0.39, 0.29) is 35.2 Å². The molecule has 2 aromatic carbocycles. The zero-order valence-corrected chi connectivity index (χ0v) is 16.2. The highest BCUT2D eigenvalue weighted by molar-refractivity contribution is 5.91. The van der Waals surface area contributed by atoms with E-state index in [0.29, 0.717) is 12.8 Å². The minimum absolute atomic E-state index is 0.00167. The summed E-state index contributed by atoms with van der Waals surface area (Å²) >= 11 is 0. The summed E-state index contributed by atoms with van der Waals surface area (Å²) in [7, 11) is 0. The molecule has 0 N–H and O–H groups in total. The molecule has 0 amide bonds. The van der Waals surface area contributed by atoms with Crippen LogP contribution in [0.3, 0.4) is 0 Å². The fraction of sp³-hybridized carbons (Fsp3) is 0.417. The Morgan fingerprint density at radius 1 is 0.654 bits per heavy atom. The van der Waals surface area contributed by atoms with Crippen molar-refractivity contribution in [2.24, 2.45) is 11.8 Å². The van der Waals surface area contributed by atoms with E-state index in [1.807, 2.05) is 13.8 Å². The largest absolute Gasteiger partial charge is 0.299 e. The Morgan fingerprint density at radius 3 is 1.23 bits per heavy atom. The summed E-state index contributed by atoms with van der Waals surface area (Å²) in [6.45, 7) is 7.97. The molecule has 0 unspecified atom stereocenters. The number of ketones is 2. The summed E-state index contributed by atoms with van der Waals surface area (Å²) in [5, 5.41) is 0. The van der Waals surface area contributed by atoms with E-state index < -0.39 is 0 Å². The summed E-state index contributed by atoms with van der Waals surface area (Å²) in [5.41, 5.74) is 4.63. The Balaban J connectivity index is 2.06. The van der Waals surface area contributed by atoms with Gasteiger partial charge in [-0.15, -0.1) is 0 Å². The third-order valence-electron chi connectivity index (χ3n) is 5.91. The van der Waals surface area contributed by atoms with Crippen molar-refractivity contribution in [3.63, 3.8) is 0 Å². The highest BCUT2D eigenvalue weighted by atomic mass is 16.1. The molecule has 0 aliphatic heterocycles. The standard InChI is InChI=1S/C24H28O2/c1-5-19(25)23-21(17-11-7-15(3)8-12-17)24(20(26)6-2)22(23)18-13-9-16(4)10-14-18/h7-14,21-24H,5-6H2,1-4H3. The van der Waals surface area contributed by atoms with Gasteiger partial charge < -0.3 is 0 Å². The first kappa shape index (κ1) is 18.6. The number of hydrogen-bond acceptors (Lipinski definition) is 2. The number of Topliss-reactive ketones (excluding diaryl/α,β-unsaturated/α-hetero) is 2. The molecule has 2 heteroatoms. The number of carbonyl (C=O) groups excluding carboxylic acids is 2. The van der Waals surface area contributed by atoms with Crippen LogP contribution in [0.25, 0.3) is 0 Å². The SMILES string of the molecule is CCC(=O)C1C(c2ccc(C)cc2)C(C(=O)CC)C1c1ccc(C)cc1. The van der Waals surface area contributed by atoms with Crippen molar-refractivity contribution < 1.29 is 9.59 Å². The first-order valence-electron chi connectivity index (χ1n) is 9.66. The molecule has 0 spiro atoms. The van der Waals surface area contributed by atoms with Gasteiger partial charge in [-0.1, -0.05) is 73.5 Å². The Labute approximate surface area is 156 Å². The maximum Gasteiger partial charge on any atom is 0.136 e. The summed E-state index contributed by atoms with van der Waals surface area (Å²) in [5.74, 6) is 0.322. The van der Waals surface area contributed by atoms with Gasteiger partial charge in [0, 0.05) is 36.5 Å². The topological polar surface area (TPSA) is 34.1 Å². The van der Waals surface area contributed by atoms with Crippen molar-refractivity contribution in [2.45, 2.75) is 52.4 Å². The normalized spacial score (nSPS) is 24.8. The van der Waals surface area contributed by atoms with E-state index in [2.05, 4.69) is 62.4 Å². The van der Waals surface area contributed by atoms with E-state index in [1.54, 1.807) is 0 Å². The second-order valence-electron chi connectivity index (χ2n) is 7.56. The lowest BCUT2D eigenvalue weighted by molar-refractivity contribution is -0.137. The lowest BCUT2D eigenvalue weighted by Gasteiger charge is -2.51. The molecule has 0 aromatic heterocycles. The first-order valence-corrected chi connectivity index (χ1v) is 9.66. The quantitative estimate of drug-likeness (QED) is 0.703. The van der Waals surface area contributed by atoms with Gasteiger partial charge in [-0.2, -0.15) is 0 Å². The van der Waals surface area contributed by atoms with Crippen LogP contribution in [0.15, 0.2) is 48.5 Å². The molecular weight excluding hydrogens is 320 g/mol. The van der Waals surface area contributed by atoms with E-state index in [1.165, 1.54) is 11.1 Å². The Hall–Kier alpha value is -2.22. The highest BCUT2D eigenvalue weighted by Gasteiger charge is 2.56. The van der Waals surface area contributed by atoms with Gasteiger partial charge in [0.25, 0.3) is 0 Å². The van der Waals surface area contributed by atoms with Crippen LogP contribution >= 0.6 is 0 Å². The van der Waals surface area contributed by atoms with Gasteiger partial charge in [-0.3, -0.25) is 9.59 Å². The molecular formula is C24H28O2. The number of hydrogen-bond donors (Lipinski definition) is 0. The van der Waals surface area contributed by atoms with Crippen LogP contribution < -0.4 is 0 Å². The molecule has 0 saturated heterocycles. The molecule has 26 heavy (non-hydrogen) atoms. The van der Waals surface area contributed by atoms with Crippen LogP contribution in [0.5, 0.6) is 0 Å². The van der Waals surface area contributed by atoms with E-state index >= 15 is 0 Å². The van der Waals surface area contributed by atoms with Gasteiger partial charge in [0.2, 0.25) is 0 Å². The molecule has 2 aromatic rings. The fourth-order valence-corrected chi connectivity index (χ4v) is 4.43. The molecule has 0 heterocycles. The summed E-state index contributed by atoms with van der Waals surface area (Å²) < 4.78 is 0. The van der Waals surface area contributed by atoms with Crippen molar-refractivity contribution >= 4 is 11.6 Å².